The molecule has 0 radical (unpaired) electrons. The molecule has 0 atom stereocenters. The zero-order chi connectivity index (χ0) is 17.1. The second kappa shape index (κ2) is 7.07. The van der Waals surface area contributed by atoms with Gasteiger partial charge in [0.2, 0.25) is 5.91 Å². The molecular formula is C19H24N2O3. The Morgan fingerprint density at radius 2 is 1.96 bits per heavy atom. The molecular weight excluding hydrogens is 304 g/mol. The minimum atomic E-state index is -0.796. The van der Waals surface area contributed by atoms with E-state index in [-0.39, 0.29) is 12.3 Å². The van der Waals surface area contributed by atoms with Crippen molar-refractivity contribution in [3.8, 4) is 0 Å². The topological polar surface area (TPSA) is 73.4 Å². The van der Waals surface area contributed by atoms with Crippen LogP contribution in [0.2, 0.25) is 0 Å². The van der Waals surface area contributed by atoms with Gasteiger partial charge in [-0.1, -0.05) is 18.2 Å². The van der Waals surface area contributed by atoms with Crippen LogP contribution in [0.1, 0.15) is 37.4 Å². The number of piperidine rings is 1. The van der Waals surface area contributed by atoms with Crippen molar-refractivity contribution in [1.82, 2.24) is 9.88 Å². The van der Waals surface area contributed by atoms with E-state index in [0.717, 1.165) is 60.9 Å². The summed E-state index contributed by atoms with van der Waals surface area (Å²) in [6.45, 7) is 3.31. The Morgan fingerprint density at radius 3 is 2.62 bits per heavy atom. The fraction of sp³-hybridized carbons (Fsp3) is 0.474. The van der Waals surface area contributed by atoms with Gasteiger partial charge in [0.25, 0.3) is 0 Å². The first-order chi connectivity index (χ1) is 11.5. The molecule has 0 spiro atoms. The van der Waals surface area contributed by atoms with Gasteiger partial charge in [-0.15, -0.1) is 0 Å². The summed E-state index contributed by atoms with van der Waals surface area (Å²) in [4.78, 5) is 27.9. The summed E-state index contributed by atoms with van der Waals surface area (Å²) in [6.07, 6.45) is 4.03. The van der Waals surface area contributed by atoms with Gasteiger partial charge in [0.05, 0.1) is 6.42 Å². The average Bonchev–Trinajstić information content (AvgIpc) is 2.90. The zero-order valence-electron chi connectivity index (χ0n) is 14.0. The Balaban J connectivity index is 1.69. The number of amides is 1. The number of hydrogen-bond acceptors (Lipinski definition) is 2. The van der Waals surface area contributed by atoms with Crippen LogP contribution in [0.25, 0.3) is 10.9 Å². The summed E-state index contributed by atoms with van der Waals surface area (Å²) in [5, 5.41) is 10.2. The van der Waals surface area contributed by atoms with Crippen molar-refractivity contribution >= 4 is 22.8 Å². The number of carboxylic acids is 1. The highest BCUT2D eigenvalue weighted by atomic mass is 16.4. The molecule has 1 aromatic carbocycles. The van der Waals surface area contributed by atoms with Gasteiger partial charge in [0.1, 0.15) is 0 Å². The van der Waals surface area contributed by atoms with Gasteiger partial charge < -0.3 is 15.0 Å². The summed E-state index contributed by atoms with van der Waals surface area (Å²) in [6, 6.07) is 7.89. The molecule has 2 aromatic rings. The number of hydrogen-bond donors (Lipinski definition) is 2. The molecule has 2 N–H and O–H groups in total. The van der Waals surface area contributed by atoms with Crippen LogP contribution in [0.15, 0.2) is 24.3 Å². The maximum atomic E-state index is 11.4. The zero-order valence-corrected chi connectivity index (χ0v) is 14.0. The standard InChI is InChI=1S/C19H24N2O3/c1-13(22)21-10-8-14(9-11-21)6-7-18-16(12-19(23)24)15-4-2-3-5-17(15)20-18/h2-5,14,20H,6-12H2,1H3,(H,23,24). The van der Waals surface area contributed by atoms with E-state index in [0.29, 0.717) is 5.92 Å². The van der Waals surface area contributed by atoms with Gasteiger partial charge in [-0.2, -0.15) is 0 Å². The van der Waals surface area contributed by atoms with E-state index in [9.17, 15) is 14.7 Å². The number of aryl methyl sites for hydroxylation is 1. The second-order valence-electron chi connectivity index (χ2n) is 6.69. The molecule has 1 aliphatic rings. The van der Waals surface area contributed by atoms with Crippen molar-refractivity contribution in [2.75, 3.05) is 13.1 Å². The second-order valence-corrected chi connectivity index (χ2v) is 6.69. The van der Waals surface area contributed by atoms with Crippen LogP contribution in [-0.2, 0) is 22.4 Å². The van der Waals surface area contributed by atoms with E-state index >= 15 is 0 Å². The van der Waals surface area contributed by atoms with Crippen molar-refractivity contribution in [3.05, 3.63) is 35.5 Å². The monoisotopic (exact) mass is 328 g/mol. The Morgan fingerprint density at radius 1 is 1.25 bits per heavy atom. The number of carbonyl (C=O) groups excluding carboxylic acids is 1. The predicted molar refractivity (Wildman–Crippen MR) is 92.9 cm³/mol. The van der Waals surface area contributed by atoms with Gasteiger partial charge in [-0.05, 0) is 43.2 Å². The van der Waals surface area contributed by atoms with Crippen LogP contribution < -0.4 is 0 Å². The number of fused-ring (bicyclic) bond motifs is 1. The molecule has 24 heavy (non-hydrogen) atoms. The number of H-pyrrole nitrogens is 1. The lowest BCUT2D eigenvalue weighted by Gasteiger charge is -2.31. The number of aromatic amines is 1. The Bertz CT molecular complexity index is 742. The molecule has 1 amide bonds. The number of aromatic nitrogens is 1. The molecule has 128 valence electrons. The number of carbonyl (C=O) groups is 2. The molecule has 5 heteroatoms. The molecule has 2 heterocycles. The van der Waals surface area contributed by atoms with Crippen LogP contribution >= 0.6 is 0 Å². The minimum Gasteiger partial charge on any atom is -0.481 e. The van der Waals surface area contributed by atoms with Crippen LogP contribution in [0.5, 0.6) is 0 Å². The van der Waals surface area contributed by atoms with E-state index < -0.39 is 5.97 Å². The van der Waals surface area contributed by atoms with Gasteiger partial charge in [-0.3, -0.25) is 9.59 Å². The number of nitrogens with zero attached hydrogens (tertiary/aromatic N) is 1. The number of likely N-dealkylation sites (tertiary alicyclic amines) is 1. The summed E-state index contributed by atoms with van der Waals surface area (Å²) in [7, 11) is 0. The Kier molecular flexibility index (Phi) is 4.88. The molecule has 3 rings (SSSR count). The largest absolute Gasteiger partial charge is 0.481 e. The van der Waals surface area contributed by atoms with Gasteiger partial charge >= 0.3 is 5.97 Å². The summed E-state index contributed by atoms with van der Waals surface area (Å²) >= 11 is 0. The van der Waals surface area contributed by atoms with E-state index in [1.54, 1.807) is 6.92 Å². The number of carboxylic acid groups (broad SMARTS) is 1. The maximum Gasteiger partial charge on any atom is 0.307 e. The lowest BCUT2D eigenvalue weighted by atomic mass is 9.90. The highest BCUT2D eigenvalue weighted by Gasteiger charge is 2.21. The Hall–Kier alpha value is -2.30. The first-order valence-corrected chi connectivity index (χ1v) is 8.60. The first-order valence-electron chi connectivity index (χ1n) is 8.60. The van der Waals surface area contributed by atoms with Crippen LogP contribution in [0.4, 0.5) is 0 Å². The van der Waals surface area contributed by atoms with Crippen molar-refractivity contribution < 1.29 is 14.7 Å². The van der Waals surface area contributed by atoms with Crippen molar-refractivity contribution in [3.63, 3.8) is 0 Å². The quantitative estimate of drug-likeness (QED) is 0.886. The summed E-state index contributed by atoms with van der Waals surface area (Å²) in [5.41, 5.74) is 2.97. The highest BCUT2D eigenvalue weighted by Crippen LogP contribution is 2.27. The van der Waals surface area contributed by atoms with Crippen molar-refractivity contribution in [2.24, 2.45) is 5.92 Å². The Labute approximate surface area is 141 Å². The smallest absolute Gasteiger partial charge is 0.307 e. The van der Waals surface area contributed by atoms with Gasteiger partial charge in [0, 0.05) is 36.6 Å². The third-order valence-electron chi connectivity index (χ3n) is 5.09. The summed E-state index contributed by atoms with van der Waals surface area (Å²) in [5.74, 6) is -0.0340. The normalized spacial score (nSPS) is 15.8. The molecule has 0 unspecified atom stereocenters. The van der Waals surface area contributed by atoms with E-state index in [4.69, 9.17) is 0 Å². The van der Waals surface area contributed by atoms with Gasteiger partial charge in [-0.25, -0.2) is 0 Å². The third-order valence-corrected chi connectivity index (χ3v) is 5.09. The number of rotatable bonds is 5. The molecule has 0 saturated carbocycles. The van der Waals surface area contributed by atoms with Crippen LogP contribution in [0.3, 0.4) is 0 Å². The first kappa shape index (κ1) is 16.6. The minimum absolute atomic E-state index is 0.0577. The fourth-order valence-corrected chi connectivity index (χ4v) is 3.71. The van der Waals surface area contributed by atoms with E-state index in [1.165, 1.54) is 0 Å². The van der Waals surface area contributed by atoms with Gasteiger partial charge in [0.15, 0.2) is 0 Å². The number of para-hydroxylation sites is 1. The molecule has 1 saturated heterocycles. The lowest BCUT2D eigenvalue weighted by Crippen LogP contribution is -2.37. The molecule has 0 aliphatic carbocycles. The number of nitrogens with one attached hydrogen (secondary N) is 1. The molecule has 1 fully saturated rings. The average molecular weight is 328 g/mol. The molecule has 5 nitrogen and oxygen atoms in total. The molecule has 1 aromatic heterocycles. The van der Waals surface area contributed by atoms with Crippen LogP contribution in [-0.4, -0.2) is 40.0 Å². The number of aliphatic carboxylic acids is 1. The number of benzene rings is 1. The maximum absolute atomic E-state index is 11.4. The predicted octanol–water partition coefficient (Wildman–Crippen LogP) is 2.99. The van der Waals surface area contributed by atoms with Crippen molar-refractivity contribution in [2.45, 2.75) is 39.0 Å². The SMILES string of the molecule is CC(=O)N1CCC(CCc2[nH]c3ccccc3c2CC(=O)O)CC1. The highest BCUT2D eigenvalue weighted by molar-refractivity contribution is 5.88. The van der Waals surface area contributed by atoms with Crippen LogP contribution in [0, 0.1) is 5.92 Å². The summed E-state index contributed by atoms with van der Waals surface area (Å²) < 4.78 is 0. The fourth-order valence-electron chi connectivity index (χ4n) is 3.71. The van der Waals surface area contributed by atoms with E-state index in [2.05, 4.69) is 4.98 Å². The lowest BCUT2D eigenvalue weighted by molar-refractivity contribution is -0.136. The molecule has 1 aliphatic heterocycles. The third kappa shape index (κ3) is 3.61. The van der Waals surface area contributed by atoms with Crippen molar-refractivity contribution in [1.29, 1.82) is 0 Å². The van der Waals surface area contributed by atoms with E-state index in [1.807, 2.05) is 29.2 Å². The molecule has 0 bridgehead atoms.